The van der Waals surface area contributed by atoms with Crippen molar-refractivity contribution in [2.45, 2.75) is 51.7 Å². The average Bonchev–Trinajstić information content (AvgIpc) is 2.80. The van der Waals surface area contributed by atoms with Crippen molar-refractivity contribution >= 4 is 18.3 Å². The number of amides is 1. The van der Waals surface area contributed by atoms with Gasteiger partial charge >= 0.3 is 0 Å². The minimum atomic E-state index is 0. The number of piperidine rings is 2. The number of rotatable bonds is 9. The van der Waals surface area contributed by atoms with Gasteiger partial charge < -0.3 is 10.2 Å². The third-order valence-electron chi connectivity index (χ3n) is 6.87. The Kier molecular flexibility index (Phi) is 9.51. The molecule has 2 bridgehead atoms. The van der Waals surface area contributed by atoms with Gasteiger partial charge in [-0.05, 0) is 61.8 Å². The van der Waals surface area contributed by atoms with Crippen LogP contribution < -0.4 is 5.32 Å². The van der Waals surface area contributed by atoms with Crippen molar-refractivity contribution < 1.29 is 4.79 Å². The molecule has 4 rings (SSSR count). The number of aromatic nitrogens is 1. The van der Waals surface area contributed by atoms with Crippen LogP contribution in [0.3, 0.4) is 0 Å². The maximum Gasteiger partial charge on any atom is 0.222 e. The highest BCUT2D eigenvalue weighted by molar-refractivity contribution is 5.85. The molecular formula is C26H37ClN4O. The van der Waals surface area contributed by atoms with Gasteiger partial charge in [0.15, 0.2) is 0 Å². The first-order valence-electron chi connectivity index (χ1n) is 11.9. The SMILES string of the molecule is CCN(Cc1ccccc1)C(=O)CCC[C@H]1NCC2CC1CN(Cc1cccnc1)C2.Cl. The molecule has 174 valence electrons. The molecule has 5 nitrogen and oxygen atoms in total. The van der Waals surface area contributed by atoms with Crippen LogP contribution in [-0.2, 0) is 17.9 Å². The molecule has 0 saturated carbocycles. The van der Waals surface area contributed by atoms with Gasteiger partial charge in [0, 0.05) is 57.6 Å². The fraction of sp³-hybridized carbons (Fsp3) is 0.538. The summed E-state index contributed by atoms with van der Waals surface area (Å²) < 4.78 is 0. The Bertz CT molecular complexity index is 819. The minimum absolute atomic E-state index is 0. The lowest BCUT2D eigenvalue weighted by atomic mass is 9.79. The van der Waals surface area contributed by atoms with Gasteiger partial charge in [0.25, 0.3) is 0 Å². The number of pyridine rings is 1. The Morgan fingerprint density at radius 1 is 1.16 bits per heavy atom. The zero-order valence-corrected chi connectivity index (χ0v) is 20.0. The third-order valence-corrected chi connectivity index (χ3v) is 6.87. The van der Waals surface area contributed by atoms with Crippen molar-refractivity contribution in [1.29, 1.82) is 0 Å². The number of halogens is 1. The van der Waals surface area contributed by atoms with Gasteiger partial charge in [0.1, 0.15) is 0 Å². The molecule has 2 fully saturated rings. The molecule has 0 aliphatic carbocycles. The molecule has 3 atom stereocenters. The van der Waals surface area contributed by atoms with E-state index in [2.05, 4.69) is 40.3 Å². The van der Waals surface area contributed by atoms with E-state index in [-0.39, 0.29) is 18.3 Å². The molecule has 2 unspecified atom stereocenters. The molecule has 2 aliphatic heterocycles. The summed E-state index contributed by atoms with van der Waals surface area (Å²) in [7, 11) is 0. The average molecular weight is 457 g/mol. The van der Waals surface area contributed by atoms with Crippen molar-refractivity contribution in [2.75, 3.05) is 26.2 Å². The molecule has 1 aromatic carbocycles. The summed E-state index contributed by atoms with van der Waals surface area (Å²) in [5, 5.41) is 3.80. The normalized spacial score (nSPS) is 22.7. The maximum absolute atomic E-state index is 12.8. The molecule has 6 heteroatoms. The Balaban J connectivity index is 0.00000289. The van der Waals surface area contributed by atoms with Crippen LogP contribution in [0.1, 0.15) is 43.7 Å². The van der Waals surface area contributed by atoms with E-state index in [1.807, 2.05) is 41.6 Å². The van der Waals surface area contributed by atoms with Crippen molar-refractivity contribution in [3.05, 3.63) is 66.0 Å². The predicted octanol–water partition coefficient (Wildman–Crippen LogP) is 4.13. The van der Waals surface area contributed by atoms with Gasteiger partial charge in [-0.2, -0.15) is 0 Å². The zero-order valence-electron chi connectivity index (χ0n) is 19.2. The van der Waals surface area contributed by atoms with Crippen LogP contribution in [0.5, 0.6) is 0 Å². The van der Waals surface area contributed by atoms with Gasteiger partial charge in [0.05, 0.1) is 0 Å². The molecule has 32 heavy (non-hydrogen) atoms. The zero-order chi connectivity index (χ0) is 21.5. The molecule has 1 amide bonds. The standard InChI is InChI=1S/C26H36N4O.ClH/c1-2-30(19-21-8-4-3-5-9-21)26(31)12-6-11-25-24-14-23(16-28-25)18-29(20-24)17-22-10-7-13-27-15-22;/h3-5,7-10,13,15,23-25,28H,2,6,11-12,14,16-20H2,1H3;1H/t23?,24?,25-;/m1./s1. The van der Waals surface area contributed by atoms with Gasteiger partial charge in [0.2, 0.25) is 5.91 Å². The second-order valence-electron chi connectivity index (χ2n) is 9.22. The Hall–Kier alpha value is -1.95. The summed E-state index contributed by atoms with van der Waals surface area (Å²) in [5.41, 5.74) is 2.50. The number of likely N-dealkylation sites (tertiary alicyclic amines) is 1. The quantitative estimate of drug-likeness (QED) is 0.616. The number of hydrogen-bond donors (Lipinski definition) is 1. The lowest BCUT2D eigenvalue weighted by Crippen LogP contribution is -2.55. The lowest BCUT2D eigenvalue weighted by molar-refractivity contribution is -0.131. The number of carbonyl (C=O) groups excluding carboxylic acids is 1. The van der Waals surface area contributed by atoms with Crippen molar-refractivity contribution in [3.63, 3.8) is 0 Å². The number of carbonyl (C=O) groups is 1. The monoisotopic (exact) mass is 456 g/mol. The van der Waals surface area contributed by atoms with Crippen LogP contribution in [0.2, 0.25) is 0 Å². The van der Waals surface area contributed by atoms with Crippen molar-refractivity contribution in [1.82, 2.24) is 20.1 Å². The van der Waals surface area contributed by atoms with E-state index in [4.69, 9.17) is 0 Å². The fourth-order valence-corrected chi connectivity index (χ4v) is 5.30. The lowest BCUT2D eigenvalue weighted by Gasteiger charge is -2.46. The highest BCUT2D eigenvalue weighted by atomic mass is 35.5. The number of fused-ring (bicyclic) bond motifs is 2. The molecule has 0 spiro atoms. The molecule has 0 radical (unpaired) electrons. The van der Waals surface area contributed by atoms with Gasteiger partial charge in [-0.3, -0.25) is 14.7 Å². The largest absolute Gasteiger partial charge is 0.339 e. The molecule has 2 aliphatic rings. The Morgan fingerprint density at radius 3 is 2.72 bits per heavy atom. The summed E-state index contributed by atoms with van der Waals surface area (Å²) in [4.78, 5) is 21.6. The number of nitrogens with one attached hydrogen (secondary N) is 1. The molecule has 1 aromatic heterocycles. The van der Waals surface area contributed by atoms with Crippen LogP contribution in [0.15, 0.2) is 54.9 Å². The van der Waals surface area contributed by atoms with E-state index < -0.39 is 0 Å². The van der Waals surface area contributed by atoms with E-state index in [1.165, 1.54) is 24.1 Å². The molecule has 1 N–H and O–H groups in total. The van der Waals surface area contributed by atoms with Crippen LogP contribution >= 0.6 is 12.4 Å². The first kappa shape index (κ1) is 24.7. The number of hydrogen-bond acceptors (Lipinski definition) is 4. The minimum Gasteiger partial charge on any atom is -0.339 e. The second kappa shape index (κ2) is 12.3. The predicted molar refractivity (Wildman–Crippen MR) is 132 cm³/mol. The van der Waals surface area contributed by atoms with E-state index in [0.29, 0.717) is 24.9 Å². The van der Waals surface area contributed by atoms with Crippen LogP contribution in [0, 0.1) is 11.8 Å². The van der Waals surface area contributed by atoms with E-state index in [9.17, 15) is 4.79 Å². The van der Waals surface area contributed by atoms with Crippen molar-refractivity contribution in [3.8, 4) is 0 Å². The Labute approximate surface area is 199 Å². The highest BCUT2D eigenvalue weighted by Gasteiger charge is 2.36. The summed E-state index contributed by atoms with van der Waals surface area (Å²) >= 11 is 0. The topological polar surface area (TPSA) is 48.5 Å². The first-order chi connectivity index (χ1) is 15.2. The maximum atomic E-state index is 12.8. The van der Waals surface area contributed by atoms with Crippen LogP contribution in [0.4, 0.5) is 0 Å². The van der Waals surface area contributed by atoms with E-state index >= 15 is 0 Å². The summed E-state index contributed by atoms with van der Waals surface area (Å²) in [6.07, 6.45) is 7.85. The van der Waals surface area contributed by atoms with Gasteiger partial charge in [-0.25, -0.2) is 0 Å². The van der Waals surface area contributed by atoms with Gasteiger partial charge in [-0.15, -0.1) is 12.4 Å². The van der Waals surface area contributed by atoms with E-state index in [0.717, 1.165) is 44.9 Å². The summed E-state index contributed by atoms with van der Waals surface area (Å²) in [6, 6.07) is 15.0. The molecule has 3 heterocycles. The number of benzene rings is 1. The molecule has 2 aromatic rings. The highest BCUT2D eigenvalue weighted by Crippen LogP contribution is 2.31. The van der Waals surface area contributed by atoms with Crippen LogP contribution in [-0.4, -0.2) is 52.9 Å². The van der Waals surface area contributed by atoms with E-state index in [1.54, 1.807) is 0 Å². The second-order valence-corrected chi connectivity index (χ2v) is 9.22. The van der Waals surface area contributed by atoms with Crippen LogP contribution in [0.25, 0.3) is 0 Å². The third kappa shape index (κ3) is 6.77. The fourth-order valence-electron chi connectivity index (χ4n) is 5.30. The summed E-state index contributed by atoms with van der Waals surface area (Å²) in [6.45, 7) is 7.97. The Morgan fingerprint density at radius 2 is 1.97 bits per heavy atom. The first-order valence-corrected chi connectivity index (χ1v) is 11.9. The smallest absolute Gasteiger partial charge is 0.222 e. The number of nitrogens with zero attached hydrogens (tertiary/aromatic N) is 3. The molecular weight excluding hydrogens is 420 g/mol. The van der Waals surface area contributed by atoms with Gasteiger partial charge in [-0.1, -0.05) is 36.4 Å². The summed E-state index contributed by atoms with van der Waals surface area (Å²) in [5.74, 6) is 1.71. The molecule has 2 saturated heterocycles. The van der Waals surface area contributed by atoms with Crippen molar-refractivity contribution in [2.24, 2.45) is 11.8 Å².